The largest absolute Gasteiger partial charge is 0.366 e. The molecule has 0 amide bonds. The third kappa shape index (κ3) is 0.420. The standard InChI is InChI=1S/C9H12O/c1-2-6-3-7-5-9(4-6)8(7)10-9/h2,6-8H,1,3-5H2. The van der Waals surface area contributed by atoms with Gasteiger partial charge in [0.1, 0.15) is 0 Å². The first kappa shape index (κ1) is 5.36. The zero-order chi connectivity index (χ0) is 6.77. The van der Waals surface area contributed by atoms with Gasteiger partial charge in [-0.2, -0.15) is 0 Å². The van der Waals surface area contributed by atoms with E-state index in [4.69, 9.17) is 4.74 Å². The SMILES string of the molecule is C=CC1CC2CC3(C1)OC23. The van der Waals surface area contributed by atoms with Crippen LogP contribution in [0.25, 0.3) is 0 Å². The van der Waals surface area contributed by atoms with Gasteiger partial charge in [-0.15, -0.1) is 6.58 Å². The Bertz CT molecular complexity index is 199. The van der Waals surface area contributed by atoms with E-state index in [9.17, 15) is 0 Å². The lowest BCUT2D eigenvalue weighted by Crippen LogP contribution is -2.43. The molecular weight excluding hydrogens is 124 g/mol. The maximum absolute atomic E-state index is 5.62. The number of hydrogen-bond donors (Lipinski definition) is 0. The summed E-state index contributed by atoms with van der Waals surface area (Å²) in [6.45, 7) is 3.83. The molecule has 0 aromatic heterocycles. The van der Waals surface area contributed by atoms with E-state index in [2.05, 4.69) is 12.7 Å². The molecule has 1 spiro atoms. The summed E-state index contributed by atoms with van der Waals surface area (Å²) in [5, 5.41) is 0. The highest BCUT2D eigenvalue weighted by atomic mass is 16.6. The Labute approximate surface area is 61.1 Å². The minimum Gasteiger partial charge on any atom is -0.366 e. The van der Waals surface area contributed by atoms with Crippen molar-refractivity contribution >= 4 is 0 Å². The molecule has 54 valence electrons. The summed E-state index contributed by atoms with van der Waals surface area (Å²) < 4.78 is 5.62. The topological polar surface area (TPSA) is 12.5 Å². The quantitative estimate of drug-likeness (QED) is 0.395. The highest BCUT2D eigenvalue weighted by molar-refractivity contribution is 5.22. The number of allylic oxidation sites excluding steroid dienone is 1. The second-order valence-electron chi connectivity index (χ2n) is 4.00. The summed E-state index contributed by atoms with van der Waals surface area (Å²) in [5.41, 5.74) is 0.391. The van der Waals surface area contributed by atoms with Gasteiger partial charge in [0.05, 0.1) is 11.7 Å². The Kier molecular flexibility index (Phi) is 0.713. The lowest BCUT2D eigenvalue weighted by molar-refractivity contribution is 0.156. The number of epoxide rings is 1. The maximum atomic E-state index is 5.62. The maximum Gasteiger partial charge on any atom is 0.0960 e. The molecule has 10 heavy (non-hydrogen) atoms. The van der Waals surface area contributed by atoms with Crippen LogP contribution < -0.4 is 0 Å². The van der Waals surface area contributed by atoms with Crippen LogP contribution in [0.4, 0.5) is 0 Å². The van der Waals surface area contributed by atoms with E-state index >= 15 is 0 Å². The summed E-state index contributed by atoms with van der Waals surface area (Å²) in [4.78, 5) is 0. The molecular formula is C9H12O. The highest BCUT2D eigenvalue weighted by Gasteiger charge is 2.72. The normalized spacial score (nSPS) is 62.2. The van der Waals surface area contributed by atoms with Crippen LogP contribution in [0.3, 0.4) is 0 Å². The monoisotopic (exact) mass is 136 g/mol. The van der Waals surface area contributed by atoms with Crippen molar-refractivity contribution in [1.29, 1.82) is 0 Å². The van der Waals surface area contributed by atoms with Crippen molar-refractivity contribution in [3.8, 4) is 0 Å². The van der Waals surface area contributed by atoms with Gasteiger partial charge in [-0.25, -0.2) is 0 Å². The molecule has 4 fully saturated rings. The Morgan fingerprint density at radius 3 is 3.00 bits per heavy atom. The van der Waals surface area contributed by atoms with Gasteiger partial charge in [-0.05, 0) is 31.1 Å². The van der Waals surface area contributed by atoms with Crippen LogP contribution in [-0.2, 0) is 4.74 Å². The summed E-state index contributed by atoms with van der Waals surface area (Å²) in [6, 6.07) is 0. The molecule has 0 aromatic rings. The van der Waals surface area contributed by atoms with Crippen LogP contribution in [-0.4, -0.2) is 11.7 Å². The van der Waals surface area contributed by atoms with Crippen molar-refractivity contribution in [2.24, 2.45) is 11.8 Å². The van der Waals surface area contributed by atoms with Crippen LogP contribution in [0.2, 0.25) is 0 Å². The zero-order valence-corrected chi connectivity index (χ0v) is 6.05. The fourth-order valence-electron chi connectivity index (χ4n) is 2.85. The fourth-order valence-corrected chi connectivity index (χ4v) is 2.85. The molecule has 1 saturated heterocycles. The molecule has 0 radical (unpaired) electrons. The first-order chi connectivity index (χ1) is 4.84. The second-order valence-corrected chi connectivity index (χ2v) is 4.00. The van der Waals surface area contributed by atoms with Crippen molar-refractivity contribution in [2.75, 3.05) is 0 Å². The Morgan fingerprint density at radius 2 is 2.40 bits per heavy atom. The van der Waals surface area contributed by atoms with Crippen LogP contribution in [0.5, 0.6) is 0 Å². The molecule has 1 heterocycles. The summed E-state index contributed by atoms with van der Waals surface area (Å²) in [5.74, 6) is 1.66. The average Bonchev–Trinajstić information content (AvgIpc) is 2.57. The van der Waals surface area contributed by atoms with Gasteiger partial charge in [0.2, 0.25) is 0 Å². The highest BCUT2D eigenvalue weighted by Crippen LogP contribution is 2.66. The molecule has 0 N–H and O–H groups in total. The van der Waals surface area contributed by atoms with E-state index < -0.39 is 0 Å². The predicted molar refractivity (Wildman–Crippen MR) is 38.6 cm³/mol. The van der Waals surface area contributed by atoms with E-state index in [1.807, 2.05) is 0 Å². The Hall–Kier alpha value is -0.300. The van der Waals surface area contributed by atoms with Gasteiger partial charge < -0.3 is 4.74 Å². The molecule has 3 saturated carbocycles. The van der Waals surface area contributed by atoms with Gasteiger partial charge in [-0.1, -0.05) is 6.08 Å². The average molecular weight is 136 g/mol. The number of ether oxygens (including phenoxy) is 1. The minimum atomic E-state index is 0.391. The van der Waals surface area contributed by atoms with Gasteiger partial charge in [0.15, 0.2) is 0 Å². The van der Waals surface area contributed by atoms with E-state index in [0.29, 0.717) is 11.7 Å². The number of hydrogen-bond acceptors (Lipinski definition) is 1. The van der Waals surface area contributed by atoms with Crippen LogP contribution >= 0.6 is 0 Å². The molecule has 4 aliphatic rings. The first-order valence-corrected chi connectivity index (χ1v) is 4.14. The van der Waals surface area contributed by atoms with Crippen LogP contribution in [0.15, 0.2) is 12.7 Å². The lowest BCUT2D eigenvalue weighted by Gasteiger charge is -2.39. The molecule has 1 nitrogen and oxygen atoms in total. The molecule has 0 aromatic carbocycles. The molecule has 4 atom stereocenters. The van der Waals surface area contributed by atoms with Crippen molar-refractivity contribution < 1.29 is 4.74 Å². The van der Waals surface area contributed by atoms with Gasteiger partial charge >= 0.3 is 0 Å². The van der Waals surface area contributed by atoms with Crippen LogP contribution in [0, 0.1) is 11.8 Å². The van der Waals surface area contributed by atoms with Gasteiger partial charge in [0.25, 0.3) is 0 Å². The number of rotatable bonds is 1. The third-order valence-electron chi connectivity index (χ3n) is 3.41. The molecule has 4 unspecified atom stereocenters. The van der Waals surface area contributed by atoms with E-state index in [1.165, 1.54) is 19.3 Å². The van der Waals surface area contributed by atoms with E-state index in [1.54, 1.807) is 0 Å². The predicted octanol–water partition coefficient (Wildman–Crippen LogP) is 1.74. The molecule has 1 aliphatic heterocycles. The van der Waals surface area contributed by atoms with Crippen molar-refractivity contribution in [3.63, 3.8) is 0 Å². The molecule has 1 heteroatoms. The molecule has 2 bridgehead atoms. The summed E-state index contributed by atoms with van der Waals surface area (Å²) in [6.07, 6.45) is 6.74. The van der Waals surface area contributed by atoms with Gasteiger partial charge in [-0.3, -0.25) is 0 Å². The second kappa shape index (κ2) is 1.33. The summed E-state index contributed by atoms with van der Waals surface area (Å²) >= 11 is 0. The zero-order valence-electron chi connectivity index (χ0n) is 6.05. The van der Waals surface area contributed by atoms with Crippen molar-refractivity contribution in [3.05, 3.63) is 12.7 Å². The van der Waals surface area contributed by atoms with E-state index in [-0.39, 0.29) is 0 Å². The third-order valence-corrected chi connectivity index (χ3v) is 3.41. The van der Waals surface area contributed by atoms with Crippen molar-refractivity contribution in [2.45, 2.75) is 31.0 Å². The smallest absolute Gasteiger partial charge is 0.0960 e. The summed E-state index contributed by atoms with van der Waals surface area (Å²) in [7, 11) is 0. The van der Waals surface area contributed by atoms with E-state index in [0.717, 1.165) is 11.8 Å². The number of fused-ring (bicyclic) bond motifs is 2. The Balaban J connectivity index is 1.85. The Morgan fingerprint density at radius 1 is 1.50 bits per heavy atom. The van der Waals surface area contributed by atoms with Crippen LogP contribution in [0.1, 0.15) is 19.3 Å². The lowest BCUT2D eigenvalue weighted by atomic mass is 9.61. The van der Waals surface area contributed by atoms with Crippen molar-refractivity contribution in [1.82, 2.24) is 0 Å². The molecule has 3 aliphatic carbocycles. The molecule has 4 rings (SSSR count). The fraction of sp³-hybridized carbons (Fsp3) is 0.778. The van der Waals surface area contributed by atoms with Gasteiger partial charge in [0, 0.05) is 0 Å². The first-order valence-electron chi connectivity index (χ1n) is 4.14. The minimum absolute atomic E-state index is 0.391.